The molecular formula is C21H22N2O4S. The van der Waals surface area contributed by atoms with Gasteiger partial charge in [0.25, 0.3) is 5.91 Å². The minimum atomic E-state index is -0.223. The number of nitrogens with one attached hydrogen (secondary N) is 1. The Balaban J connectivity index is 1.73. The maximum Gasteiger partial charge on any atom is 0.257 e. The van der Waals surface area contributed by atoms with Crippen LogP contribution in [0.2, 0.25) is 0 Å². The number of benzene rings is 2. The van der Waals surface area contributed by atoms with E-state index in [1.165, 1.54) is 11.3 Å². The standard InChI is InChI=1S/C21H22N2O4S/c1-13(2)27-15-7-5-14(6-8-15)20(24)23-21-22-18(12-28-21)17-10-9-16(25-3)11-19(17)26-4/h5-13H,1-4H3,(H,22,23,24). The van der Waals surface area contributed by atoms with E-state index < -0.39 is 0 Å². The molecule has 0 radical (unpaired) electrons. The van der Waals surface area contributed by atoms with Gasteiger partial charge in [0, 0.05) is 22.6 Å². The SMILES string of the molecule is COc1ccc(-c2csc(NC(=O)c3ccc(OC(C)C)cc3)n2)c(OC)c1. The summed E-state index contributed by atoms with van der Waals surface area (Å²) in [6.45, 7) is 3.91. The fourth-order valence-corrected chi connectivity index (χ4v) is 3.30. The van der Waals surface area contributed by atoms with E-state index in [0.29, 0.717) is 22.2 Å². The lowest BCUT2D eigenvalue weighted by Gasteiger charge is -2.10. The van der Waals surface area contributed by atoms with Crippen LogP contribution >= 0.6 is 11.3 Å². The fraction of sp³-hybridized carbons (Fsp3) is 0.238. The van der Waals surface area contributed by atoms with Gasteiger partial charge < -0.3 is 14.2 Å². The molecular weight excluding hydrogens is 376 g/mol. The van der Waals surface area contributed by atoms with Gasteiger partial charge in [0.05, 0.1) is 26.0 Å². The molecule has 146 valence electrons. The van der Waals surface area contributed by atoms with Gasteiger partial charge in [-0.1, -0.05) is 0 Å². The highest BCUT2D eigenvalue weighted by Gasteiger charge is 2.14. The Kier molecular flexibility index (Phi) is 6.16. The molecule has 0 fully saturated rings. The average Bonchev–Trinajstić information content (AvgIpc) is 3.15. The predicted octanol–water partition coefficient (Wildman–Crippen LogP) is 4.87. The molecule has 0 saturated heterocycles. The van der Waals surface area contributed by atoms with Gasteiger partial charge in [0.1, 0.15) is 17.2 Å². The molecule has 28 heavy (non-hydrogen) atoms. The van der Waals surface area contributed by atoms with Crippen molar-refractivity contribution in [2.45, 2.75) is 20.0 Å². The van der Waals surface area contributed by atoms with Crippen LogP contribution in [0.1, 0.15) is 24.2 Å². The third-order valence-electron chi connectivity index (χ3n) is 3.90. The maximum absolute atomic E-state index is 12.5. The highest BCUT2D eigenvalue weighted by molar-refractivity contribution is 7.14. The summed E-state index contributed by atoms with van der Waals surface area (Å²) in [6.07, 6.45) is 0.0864. The van der Waals surface area contributed by atoms with Crippen LogP contribution in [-0.4, -0.2) is 31.2 Å². The lowest BCUT2D eigenvalue weighted by molar-refractivity contribution is 0.102. The number of amides is 1. The van der Waals surface area contributed by atoms with Crippen molar-refractivity contribution < 1.29 is 19.0 Å². The first-order chi connectivity index (χ1) is 13.5. The molecule has 0 unspecified atom stereocenters. The van der Waals surface area contributed by atoms with Gasteiger partial charge >= 0.3 is 0 Å². The number of nitrogens with zero attached hydrogens (tertiary/aromatic N) is 1. The number of ether oxygens (including phenoxy) is 3. The van der Waals surface area contributed by atoms with E-state index in [-0.39, 0.29) is 12.0 Å². The minimum absolute atomic E-state index is 0.0864. The van der Waals surface area contributed by atoms with E-state index in [9.17, 15) is 4.79 Å². The van der Waals surface area contributed by atoms with Crippen molar-refractivity contribution >= 4 is 22.4 Å². The Hall–Kier alpha value is -3.06. The van der Waals surface area contributed by atoms with Gasteiger partial charge in [-0.3, -0.25) is 10.1 Å². The molecule has 1 aromatic heterocycles. The number of methoxy groups -OCH3 is 2. The monoisotopic (exact) mass is 398 g/mol. The number of aromatic nitrogens is 1. The number of thiazole rings is 1. The zero-order chi connectivity index (χ0) is 20.1. The third-order valence-corrected chi connectivity index (χ3v) is 4.66. The molecule has 0 aliphatic rings. The van der Waals surface area contributed by atoms with Gasteiger partial charge in [-0.05, 0) is 50.2 Å². The molecule has 3 aromatic rings. The van der Waals surface area contributed by atoms with Gasteiger partial charge in [0.15, 0.2) is 5.13 Å². The highest BCUT2D eigenvalue weighted by Crippen LogP contribution is 2.34. The summed E-state index contributed by atoms with van der Waals surface area (Å²) in [4.78, 5) is 17.0. The van der Waals surface area contributed by atoms with Crippen LogP contribution in [0.25, 0.3) is 11.3 Å². The summed E-state index contributed by atoms with van der Waals surface area (Å²) in [7, 11) is 3.20. The zero-order valence-electron chi connectivity index (χ0n) is 16.2. The van der Waals surface area contributed by atoms with Gasteiger partial charge in [-0.15, -0.1) is 11.3 Å². The average molecular weight is 398 g/mol. The number of carbonyl (C=O) groups excluding carboxylic acids is 1. The van der Waals surface area contributed by atoms with Crippen molar-refractivity contribution in [3.8, 4) is 28.5 Å². The van der Waals surface area contributed by atoms with Crippen LogP contribution in [0.15, 0.2) is 47.8 Å². The zero-order valence-corrected chi connectivity index (χ0v) is 17.0. The maximum atomic E-state index is 12.5. The van der Waals surface area contributed by atoms with E-state index in [1.807, 2.05) is 31.4 Å². The summed E-state index contributed by atoms with van der Waals surface area (Å²) in [5.74, 6) is 1.87. The predicted molar refractivity (Wildman–Crippen MR) is 111 cm³/mol. The summed E-state index contributed by atoms with van der Waals surface area (Å²) in [6, 6.07) is 12.5. The number of hydrogen-bond donors (Lipinski definition) is 1. The second-order valence-electron chi connectivity index (χ2n) is 6.25. The molecule has 0 saturated carbocycles. The first-order valence-electron chi connectivity index (χ1n) is 8.76. The number of rotatable bonds is 7. The number of hydrogen-bond acceptors (Lipinski definition) is 6. The molecule has 0 aliphatic heterocycles. The number of carbonyl (C=O) groups is 1. The fourth-order valence-electron chi connectivity index (χ4n) is 2.59. The molecule has 0 aliphatic carbocycles. The molecule has 0 spiro atoms. The molecule has 2 aromatic carbocycles. The minimum Gasteiger partial charge on any atom is -0.497 e. The largest absolute Gasteiger partial charge is 0.497 e. The Morgan fingerprint density at radius 2 is 1.75 bits per heavy atom. The Morgan fingerprint density at radius 3 is 2.39 bits per heavy atom. The van der Waals surface area contributed by atoms with Crippen LogP contribution in [-0.2, 0) is 0 Å². The summed E-state index contributed by atoms with van der Waals surface area (Å²) in [5.41, 5.74) is 2.09. The van der Waals surface area contributed by atoms with Crippen LogP contribution in [0.3, 0.4) is 0 Å². The third kappa shape index (κ3) is 4.61. The van der Waals surface area contributed by atoms with E-state index in [0.717, 1.165) is 17.0 Å². The summed E-state index contributed by atoms with van der Waals surface area (Å²) >= 11 is 1.35. The molecule has 1 heterocycles. The van der Waals surface area contributed by atoms with Gasteiger partial charge in [-0.2, -0.15) is 0 Å². The Labute approximate surface area is 168 Å². The molecule has 7 heteroatoms. The smallest absolute Gasteiger partial charge is 0.257 e. The van der Waals surface area contributed by atoms with E-state index in [2.05, 4.69) is 10.3 Å². The molecule has 1 N–H and O–H groups in total. The first kappa shape index (κ1) is 19.7. The quantitative estimate of drug-likeness (QED) is 0.615. The van der Waals surface area contributed by atoms with E-state index >= 15 is 0 Å². The van der Waals surface area contributed by atoms with Crippen LogP contribution in [0, 0.1) is 0 Å². The van der Waals surface area contributed by atoms with Crippen molar-refractivity contribution in [2.75, 3.05) is 19.5 Å². The highest BCUT2D eigenvalue weighted by atomic mass is 32.1. The molecule has 3 rings (SSSR count). The first-order valence-corrected chi connectivity index (χ1v) is 9.64. The van der Waals surface area contributed by atoms with Crippen LogP contribution < -0.4 is 19.5 Å². The molecule has 1 amide bonds. The van der Waals surface area contributed by atoms with Crippen molar-refractivity contribution in [3.05, 3.63) is 53.4 Å². The summed E-state index contributed by atoms with van der Waals surface area (Å²) < 4.78 is 16.2. The van der Waals surface area contributed by atoms with Gasteiger partial charge in [-0.25, -0.2) is 4.98 Å². The van der Waals surface area contributed by atoms with Gasteiger partial charge in [0.2, 0.25) is 0 Å². The normalized spacial score (nSPS) is 10.6. The molecule has 6 nitrogen and oxygen atoms in total. The van der Waals surface area contributed by atoms with Crippen LogP contribution in [0.5, 0.6) is 17.2 Å². The lowest BCUT2D eigenvalue weighted by atomic mass is 10.1. The molecule has 0 atom stereocenters. The molecule has 0 bridgehead atoms. The second kappa shape index (κ2) is 8.75. The summed E-state index contributed by atoms with van der Waals surface area (Å²) in [5, 5.41) is 5.22. The Bertz CT molecular complexity index is 951. The van der Waals surface area contributed by atoms with Crippen molar-refractivity contribution in [1.29, 1.82) is 0 Å². The number of anilines is 1. The van der Waals surface area contributed by atoms with Crippen molar-refractivity contribution in [2.24, 2.45) is 0 Å². The van der Waals surface area contributed by atoms with E-state index in [1.54, 1.807) is 44.6 Å². The topological polar surface area (TPSA) is 69.7 Å². The van der Waals surface area contributed by atoms with Crippen molar-refractivity contribution in [1.82, 2.24) is 4.98 Å². The second-order valence-corrected chi connectivity index (χ2v) is 7.11. The van der Waals surface area contributed by atoms with Crippen molar-refractivity contribution in [3.63, 3.8) is 0 Å². The van der Waals surface area contributed by atoms with Crippen LogP contribution in [0.4, 0.5) is 5.13 Å². The Morgan fingerprint density at radius 1 is 1.04 bits per heavy atom. The lowest BCUT2D eigenvalue weighted by Crippen LogP contribution is -2.12. The van der Waals surface area contributed by atoms with E-state index in [4.69, 9.17) is 14.2 Å².